The normalized spacial score (nSPS) is 14.0. The molecule has 36 heavy (non-hydrogen) atoms. The molecule has 9 nitrogen and oxygen atoms in total. The Bertz CT molecular complexity index is 1640. The molecule has 5 aromatic rings. The van der Waals surface area contributed by atoms with Crippen molar-refractivity contribution >= 4 is 24.3 Å². The summed E-state index contributed by atoms with van der Waals surface area (Å²) in [5.41, 5.74) is 6.86. The molecule has 0 spiro atoms. The third-order valence-electron chi connectivity index (χ3n) is 6.69. The Hall–Kier alpha value is -3.34. The minimum atomic E-state index is -2.56. The Morgan fingerprint density at radius 3 is 2.42 bits per heavy atom. The third kappa shape index (κ3) is 4.15. The Morgan fingerprint density at radius 2 is 1.72 bits per heavy atom. The molecule has 3 aromatic heterocycles. The van der Waals surface area contributed by atoms with E-state index >= 15 is 0 Å². The molecule has 1 fully saturated rings. The summed E-state index contributed by atoms with van der Waals surface area (Å²) in [7, 11) is 0. The summed E-state index contributed by atoms with van der Waals surface area (Å²) in [6.07, 6.45) is 2.95. The van der Waals surface area contributed by atoms with Crippen LogP contribution in [0.25, 0.3) is 28.2 Å². The van der Waals surface area contributed by atoms with Crippen molar-refractivity contribution in [2.45, 2.75) is 46.9 Å². The monoisotopic (exact) mass is 588 g/mol. The van der Waals surface area contributed by atoms with Crippen LogP contribution in [0.2, 0.25) is 14.8 Å². The molecule has 3 heterocycles. The molecule has 1 saturated carbocycles. The molecule has 0 bridgehead atoms. The molecule has 0 saturated heterocycles. The van der Waals surface area contributed by atoms with E-state index in [2.05, 4.69) is 79.7 Å². The summed E-state index contributed by atoms with van der Waals surface area (Å²) in [4.78, 5) is 28.0. The molecular weight excluding hydrogens is 559 g/mol. The minimum absolute atomic E-state index is 0.344. The molecule has 0 radical (unpaired) electrons. The smallest absolute Gasteiger partial charge is 0.244 e. The molecule has 1 aliphatic rings. The second-order valence-corrected chi connectivity index (χ2v) is 24.1. The Balaban J connectivity index is 1.38. The van der Waals surface area contributed by atoms with Gasteiger partial charge in [-0.1, -0.05) is 0 Å². The van der Waals surface area contributed by atoms with Crippen LogP contribution in [-0.4, -0.2) is 56.7 Å². The predicted molar refractivity (Wildman–Crippen MR) is 141 cm³/mol. The molecule has 0 amide bonds. The summed E-state index contributed by atoms with van der Waals surface area (Å²) < 4.78 is 3.78. The summed E-state index contributed by atoms with van der Waals surface area (Å²) in [6, 6.07) is 16.9. The summed E-state index contributed by atoms with van der Waals surface area (Å²) >= 11 is -2.56. The second-order valence-electron chi connectivity index (χ2n) is 10.5. The van der Waals surface area contributed by atoms with Crippen LogP contribution in [0.5, 0.6) is 0 Å². The molecule has 0 aliphatic heterocycles. The van der Waals surface area contributed by atoms with Crippen molar-refractivity contribution in [1.29, 1.82) is 0 Å². The van der Waals surface area contributed by atoms with Gasteiger partial charge in [0.1, 0.15) is 5.82 Å². The van der Waals surface area contributed by atoms with E-state index in [4.69, 9.17) is 4.98 Å². The van der Waals surface area contributed by atoms with Gasteiger partial charge in [0.25, 0.3) is 0 Å². The first-order valence-corrected chi connectivity index (χ1v) is 22.1. The number of nitrogens with one attached hydrogen (secondary N) is 1. The molecule has 1 N–H and O–H groups in total. The zero-order valence-corrected chi connectivity index (χ0v) is 23.7. The van der Waals surface area contributed by atoms with Gasteiger partial charge < -0.3 is 0 Å². The van der Waals surface area contributed by atoms with Crippen LogP contribution in [0.15, 0.2) is 53.3 Å². The number of rotatable bonds is 6. The maximum absolute atomic E-state index is 12.0. The van der Waals surface area contributed by atoms with Gasteiger partial charge in [-0.15, -0.1) is 0 Å². The quantitative estimate of drug-likeness (QED) is 0.299. The summed E-state index contributed by atoms with van der Waals surface area (Å²) in [5.74, 6) is 2.06. The fraction of sp³-hybridized carbons (Fsp3) is 0.308. The SMILES string of the molecule is Cc1nc(C2CC2)c(Cc2ccc(-c3ccccc3-c3nnn[n]3[Sn]([CH3])([CH3])[CH3])cc2)c2nc(=O)[nH]n12. The van der Waals surface area contributed by atoms with Crippen molar-refractivity contribution in [3.8, 4) is 22.5 Å². The summed E-state index contributed by atoms with van der Waals surface area (Å²) in [5, 5.41) is 15.5. The van der Waals surface area contributed by atoms with E-state index < -0.39 is 18.7 Å². The molecule has 182 valence electrons. The fourth-order valence-electron chi connectivity index (χ4n) is 4.77. The average Bonchev–Trinajstić information content (AvgIpc) is 3.42. The zero-order valence-electron chi connectivity index (χ0n) is 20.9. The first-order valence-electron chi connectivity index (χ1n) is 12.3. The number of aryl methyl sites for hydroxylation is 1. The minimum Gasteiger partial charge on any atom is -0.244 e. The van der Waals surface area contributed by atoms with E-state index in [-0.39, 0.29) is 5.69 Å². The van der Waals surface area contributed by atoms with Crippen LogP contribution in [-0.2, 0) is 6.42 Å². The fourth-order valence-corrected chi connectivity index (χ4v) is 7.93. The van der Waals surface area contributed by atoms with Crippen molar-refractivity contribution < 1.29 is 0 Å². The Kier molecular flexibility index (Phi) is 5.54. The topological polar surface area (TPSA) is 107 Å². The predicted octanol–water partition coefficient (Wildman–Crippen LogP) is 4.20. The molecule has 2 aromatic carbocycles. The molecule has 0 atom stereocenters. The van der Waals surface area contributed by atoms with Crippen molar-refractivity contribution in [2.75, 3.05) is 0 Å². The van der Waals surface area contributed by atoms with E-state index in [1.807, 2.05) is 19.1 Å². The molecule has 10 heteroatoms. The molecular formula is C26H28N8OSn. The van der Waals surface area contributed by atoms with Gasteiger partial charge in [0, 0.05) is 0 Å². The third-order valence-corrected chi connectivity index (χ3v) is 11.2. The van der Waals surface area contributed by atoms with Crippen molar-refractivity contribution in [2.24, 2.45) is 0 Å². The van der Waals surface area contributed by atoms with Crippen molar-refractivity contribution in [1.82, 2.24) is 38.0 Å². The molecule has 0 unspecified atom stereocenters. The van der Waals surface area contributed by atoms with Crippen LogP contribution in [0.1, 0.15) is 41.4 Å². The average molecular weight is 587 g/mol. The number of H-pyrrole nitrogens is 1. The van der Waals surface area contributed by atoms with Gasteiger partial charge in [-0.3, -0.25) is 0 Å². The van der Waals surface area contributed by atoms with Gasteiger partial charge in [0.05, 0.1) is 0 Å². The maximum atomic E-state index is 12.0. The first-order chi connectivity index (χ1) is 17.3. The molecule has 1 aliphatic carbocycles. The number of benzene rings is 2. The van der Waals surface area contributed by atoms with Crippen LogP contribution in [0, 0.1) is 6.92 Å². The van der Waals surface area contributed by atoms with E-state index in [0.29, 0.717) is 18.0 Å². The summed E-state index contributed by atoms with van der Waals surface area (Å²) in [6.45, 7) is 1.91. The number of hydrogen-bond donors (Lipinski definition) is 1. The van der Waals surface area contributed by atoms with E-state index in [1.54, 1.807) is 4.52 Å². The van der Waals surface area contributed by atoms with Gasteiger partial charge in [-0.2, -0.15) is 0 Å². The molecule has 6 rings (SSSR count). The van der Waals surface area contributed by atoms with Gasteiger partial charge in [0.2, 0.25) is 0 Å². The van der Waals surface area contributed by atoms with Crippen LogP contribution in [0.4, 0.5) is 0 Å². The van der Waals surface area contributed by atoms with Gasteiger partial charge in [0.15, 0.2) is 0 Å². The zero-order chi connectivity index (χ0) is 25.0. The van der Waals surface area contributed by atoms with Crippen molar-refractivity contribution in [3.05, 3.63) is 81.7 Å². The number of nitrogens with zero attached hydrogens (tertiary/aromatic N) is 7. The van der Waals surface area contributed by atoms with Crippen LogP contribution < -0.4 is 5.69 Å². The van der Waals surface area contributed by atoms with Crippen molar-refractivity contribution in [3.63, 3.8) is 0 Å². The van der Waals surface area contributed by atoms with E-state index in [1.165, 1.54) is 0 Å². The van der Waals surface area contributed by atoms with Gasteiger partial charge in [-0.25, -0.2) is 9.89 Å². The van der Waals surface area contributed by atoms with Gasteiger partial charge >= 0.3 is 178 Å². The number of fused-ring (bicyclic) bond motifs is 1. The number of hydrogen-bond acceptors (Lipinski definition) is 6. The van der Waals surface area contributed by atoms with E-state index in [9.17, 15) is 4.79 Å². The Morgan fingerprint density at radius 1 is 1.00 bits per heavy atom. The first kappa shape index (κ1) is 23.1. The number of aromatic amines is 1. The van der Waals surface area contributed by atoms with E-state index in [0.717, 1.165) is 58.0 Å². The second kappa shape index (κ2) is 8.65. The number of tetrazole rings is 1. The standard InChI is InChI=1S/C23H20N8O.3CH3.Sn/c1-13-24-20(16-10-11-16)19(22-25-23(32)28-31(13)22)12-14-6-8-15(9-7-14)17-4-2-3-5-18(17)21-26-29-30-27-21;;;;/h2-9,16H,10-12H2,1H3,(H2,26,27,28,29,30,32);3*1H3;/q;;;;+1/p-1. The number of aromatic nitrogens is 8. The van der Waals surface area contributed by atoms with Crippen LogP contribution >= 0.6 is 0 Å². The Labute approximate surface area is 212 Å². The van der Waals surface area contributed by atoms with Gasteiger partial charge in [-0.05, 0) is 19.8 Å². The van der Waals surface area contributed by atoms with Crippen LogP contribution in [0.3, 0.4) is 0 Å².